The van der Waals surface area contributed by atoms with Gasteiger partial charge in [-0.1, -0.05) is 5.16 Å². The number of benzene rings is 1. The fourth-order valence-corrected chi connectivity index (χ4v) is 1.80. The van der Waals surface area contributed by atoms with Crippen molar-refractivity contribution < 1.29 is 28.3 Å². The van der Waals surface area contributed by atoms with Crippen molar-refractivity contribution >= 4 is 5.97 Å². The summed E-state index contributed by atoms with van der Waals surface area (Å²) in [5.74, 6) is -1.38. The Kier molecular flexibility index (Phi) is 2.59. The third-order valence-electron chi connectivity index (χ3n) is 2.63. The number of halogens is 1. The lowest BCUT2D eigenvalue weighted by Gasteiger charge is -2.20. The van der Waals surface area contributed by atoms with Crippen LogP contribution in [0.5, 0.6) is 11.5 Å². The van der Waals surface area contributed by atoms with Crippen LogP contribution >= 0.6 is 0 Å². The molecule has 98 valence electrons. The van der Waals surface area contributed by atoms with E-state index in [1.807, 2.05) is 0 Å². The van der Waals surface area contributed by atoms with Crippen molar-refractivity contribution in [3.8, 4) is 22.8 Å². The van der Waals surface area contributed by atoms with E-state index in [0.29, 0.717) is 5.56 Å². The smallest absolute Gasteiger partial charge is 0.358 e. The molecule has 0 radical (unpaired) electrons. The predicted molar refractivity (Wildman–Crippen MR) is 59.8 cm³/mol. The molecule has 1 N–H and O–H groups in total. The molecule has 3 rings (SSSR count). The number of aromatic nitrogens is 1. The molecule has 1 aliphatic heterocycles. The van der Waals surface area contributed by atoms with Crippen LogP contribution in [0, 0.1) is 5.82 Å². The van der Waals surface area contributed by atoms with Crippen LogP contribution in [-0.4, -0.2) is 29.4 Å². The van der Waals surface area contributed by atoms with Gasteiger partial charge in [-0.3, -0.25) is 0 Å². The lowest BCUT2D eigenvalue weighted by atomic mass is 10.1. The highest BCUT2D eigenvalue weighted by molar-refractivity contribution is 5.87. The Morgan fingerprint density at radius 2 is 2.00 bits per heavy atom. The number of hydrogen-bond acceptors (Lipinski definition) is 5. The molecule has 1 aromatic heterocycles. The quantitative estimate of drug-likeness (QED) is 0.893. The zero-order valence-electron chi connectivity index (χ0n) is 9.55. The van der Waals surface area contributed by atoms with Crippen LogP contribution in [0.25, 0.3) is 11.3 Å². The molecular weight excluding hydrogens is 257 g/mol. The first-order valence-electron chi connectivity index (χ1n) is 5.45. The molecule has 0 amide bonds. The van der Waals surface area contributed by atoms with E-state index in [4.69, 9.17) is 19.1 Å². The van der Waals surface area contributed by atoms with Gasteiger partial charge in [0.25, 0.3) is 0 Å². The molecule has 0 bridgehead atoms. The monoisotopic (exact) mass is 265 g/mol. The van der Waals surface area contributed by atoms with Crippen molar-refractivity contribution in [1.82, 2.24) is 5.16 Å². The summed E-state index contributed by atoms with van der Waals surface area (Å²) in [6.45, 7) is 0.535. The largest absolute Gasteiger partial charge is 0.485 e. The van der Waals surface area contributed by atoms with Gasteiger partial charge in [-0.25, -0.2) is 9.18 Å². The molecule has 0 atom stereocenters. The van der Waals surface area contributed by atoms with E-state index in [1.165, 1.54) is 18.2 Å². The van der Waals surface area contributed by atoms with Gasteiger partial charge in [0.15, 0.2) is 28.8 Å². The minimum absolute atomic E-state index is 0.00275. The Morgan fingerprint density at radius 1 is 1.26 bits per heavy atom. The van der Waals surface area contributed by atoms with Crippen molar-refractivity contribution in [1.29, 1.82) is 0 Å². The average Bonchev–Trinajstić information content (AvgIpc) is 2.89. The molecular formula is C12H8FNO5. The highest BCUT2D eigenvalue weighted by Gasteiger charge is 2.24. The van der Waals surface area contributed by atoms with Gasteiger partial charge in [-0.15, -0.1) is 0 Å². The van der Waals surface area contributed by atoms with E-state index in [2.05, 4.69) is 5.16 Å². The number of ether oxygens (including phenoxy) is 2. The van der Waals surface area contributed by atoms with Gasteiger partial charge >= 0.3 is 5.97 Å². The zero-order valence-corrected chi connectivity index (χ0v) is 9.55. The van der Waals surface area contributed by atoms with Crippen LogP contribution in [0.4, 0.5) is 4.39 Å². The maximum absolute atomic E-state index is 13.6. The highest BCUT2D eigenvalue weighted by Crippen LogP contribution is 2.41. The number of hydrogen-bond donors (Lipinski definition) is 1. The molecule has 2 aromatic rings. The van der Waals surface area contributed by atoms with Crippen LogP contribution in [0.3, 0.4) is 0 Å². The molecule has 0 spiro atoms. The Bertz CT molecular complexity index is 652. The van der Waals surface area contributed by atoms with Gasteiger partial charge in [-0.2, -0.15) is 0 Å². The lowest BCUT2D eigenvalue weighted by Crippen LogP contribution is -2.17. The second-order valence-electron chi connectivity index (χ2n) is 3.83. The van der Waals surface area contributed by atoms with Gasteiger partial charge in [-0.05, 0) is 12.1 Å². The predicted octanol–water partition coefficient (Wildman–Crippen LogP) is 1.95. The summed E-state index contributed by atoms with van der Waals surface area (Å²) >= 11 is 0. The fraction of sp³-hybridized carbons (Fsp3) is 0.167. The Balaban J connectivity index is 2.11. The van der Waals surface area contributed by atoms with Gasteiger partial charge in [0.05, 0.1) is 5.56 Å². The fourth-order valence-electron chi connectivity index (χ4n) is 1.80. The second-order valence-corrected chi connectivity index (χ2v) is 3.83. The van der Waals surface area contributed by atoms with Crippen molar-refractivity contribution in [2.75, 3.05) is 13.2 Å². The first-order valence-corrected chi connectivity index (χ1v) is 5.45. The summed E-state index contributed by atoms with van der Waals surface area (Å²) in [6.07, 6.45) is 0. The first kappa shape index (κ1) is 11.5. The van der Waals surface area contributed by atoms with Crippen LogP contribution in [0.15, 0.2) is 22.7 Å². The Labute approximate surface area is 106 Å². The molecule has 0 saturated heterocycles. The zero-order chi connectivity index (χ0) is 13.4. The van der Waals surface area contributed by atoms with Crippen LogP contribution in [0.2, 0.25) is 0 Å². The minimum Gasteiger partial charge on any atom is -0.485 e. The molecule has 6 nitrogen and oxygen atoms in total. The van der Waals surface area contributed by atoms with Gasteiger partial charge in [0, 0.05) is 6.07 Å². The number of carboxylic acid groups (broad SMARTS) is 1. The maximum atomic E-state index is 13.6. The van der Waals surface area contributed by atoms with Crippen molar-refractivity contribution in [2.24, 2.45) is 0 Å². The normalized spacial score (nSPS) is 13.3. The van der Waals surface area contributed by atoms with Crippen LogP contribution in [0.1, 0.15) is 10.5 Å². The Hall–Kier alpha value is -2.57. The molecule has 2 heterocycles. The number of fused-ring (bicyclic) bond motifs is 1. The van der Waals surface area contributed by atoms with Gasteiger partial charge < -0.3 is 19.1 Å². The molecule has 7 heteroatoms. The SMILES string of the molecule is O=C(O)c1cc(-c2ccc(F)c3c2OCCO3)on1. The second kappa shape index (κ2) is 4.27. The van der Waals surface area contributed by atoms with E-state index >= 15 is 0 Å². The summed E-state index contributed by atoms with van der Waals surface area (Å²) in [5, 5.41) is 12.2. The number of rotatable bonds is 2. The van der Waals surface area contributed by atoms with E-state index in [1.54, 1.807) is 0 Å². The number of carboxylic acids is 1. The number of nitrogens with zero attached hydrogens (tertiary/aromatic N) is 1. The topological polar surface area (TPSA) is 81.8 Å². The highest BCUT2D eigenvalue weighted by atomic mass is 19.1. The van der Waals surface area contributed by atoms with Gasteiger partial charge in [0.2, 0.25) is 0 Å². The van der Waals surface area contributed by atoms with Crippen LogP contribution in [-0.2, 0) is 0 Å². The van der Waals surface area contributed by atoms with Crippen LogP contribution < -0.4 is 9.47 Å². The summed E-state index contributed by atoms with van der Waals surface area (Å²) in [5.41, 5.74) is 0.168. The molecule has 1 aromatic carbocycles. The van der Waals surface area contributed by atoms with E-state index < -0.39 is 11.8 Å². The van der Waals surface area contributed by atoms with E-state index in [-0.39, 0.29) is 36.2 Å². The molecule has 0 saturated carbocycles. The maximum Gasteiger partial charge on any atom is 0.358 e. The van der Waals surface area contributed by atoms with E-state index in [9.17, 15) is 9.18 Å². The molecule has 0 unspecified atom stereocenters. The van der Waals surface area contributed by atoms with E-state index in [0.717, 1.165) is 0 Å². The molecule has 19 heavy (non-hydrogen) atoms. The van der Waals surface area contributed by atoms with Crippen molar-refractivity contribution in [2.45, 2.75) is 0 Å². The number of aromatic carboxylic acids is 1. The first-order chi connectivity index (χ1) is 9.16. The Morgan fingerprint density at radius 3 is 2.68 bits per heavy atom. The standard InChI is InChI=1S/C12H8FNO5/c13-7-2-1-6(10-11(7)18-4-3-17-10)9-5-8(12(15)16)14-19-9/h1-2,5H,3-4H2,(H,15,16). The number of carbonyl (C=O) groups is 1. The van der Waals surface area contributed by atoms with Gasteiger partial charge in [0.1, 0.15) is 13.2 Å². The lowest BCUT2D eigenvalue weighted by molar-refractivity contribution is 0.0686. The summed E-state index contributed by atoms with van der Waals surface area (Å²) in [6, 6.07) is 3.87. The third kappa shape index (κ3) is 1.88. The van der Waals surface area contributed by atoms with Crippen molar-refractivity contribution in [3.05, 3.63) is 29.7 Å². The summed E-state index contributed by atoms with van der Waals surface area (Å²) in [7, 11) is 0. The average molecular weight is 265 g/mol. The molecule has 0 fully saturated rings. The van der Waals surface area contributed by atoms with Crippen molar-refractivity contribution in [3.63, 3.8) is 0 Å². The summed E-state index contributed by atoms with van der Waals surface area (Å²) in [4.78, 5) is 10.8. The molecule has 1 aliphatic rings. The molecule has 0 aliphatic carbocycles. The minimum atomic E-state index is -1.21. The summed E-state index contributed by atoms with van der Waals surface area (Å²) < 4.78 is 29.0. The third-order valence-corrected chi connectivity index (χ3v) is 2.63.